The molecule has 10 heteroatoms. The Morgan fingerprint density at radius 2 is 2.03 bits per heavy atom. The standard InChI is InChI=1S/C21H24N6O4/c1-21(2,27-20(29)30)9-8-13-5-3-6-14(24-13)18(23-12-28)16-11-15(25-19(22)26-16)17-7-4-10-31-17/h3-7,10-12,18,27H,8-9H2,1-2H3,(H,23,28)(H,29,30)(H2,22,25,26). The summed E-state index contributed by atoms with van der Waals surface area (Å²) in [5.41, 5.74) is 7.55. The van der Waals surface area contributed by atoms with Crippen molar-refractivity contribution in [1.29, 1.82) is 0 Å². The summed E-state index contributed by atoms with van der Waals surface area (Å²) in [7, 11) is 0. The molecule has 3 heterocycles. The number of carboxylic acid groups (broad SMARTS) is 1. The van der Waals surface area contributed by atoms with Crippen LogP contribution in [0.5, 0.6) is 0 Å². The van der Waals surface area contributed by atoms with Gasteiger partial charge in [0.05, 0.1) is 17.7 Å². The van der Waals surface area contributed by atoms with Crippen LogP contribution >= 0.6 is 0 Å². The van der Waals surface area contributed by atoms with Gasteiger partial charge in [-0.2, -0.15) is 0 Å². The van der Waals surface area contributed by atoms with E-state index in [4.69, 9.17) is 15.3 Å². The number of aryl methyl sites for hydroxylation is 1. The van der Waals surface area contributed by atoms with E-state index in [9.17, 15) is 9.59 Å². The van der Waals surface area contributed by atoms with Crippen molar-refractivity contribution in [3.05, 3.63) is 59.7 Å². The Kier molecular flexibility index (Phi) is 6.49. The highest BCUT2D eigenvalue weighted by Crippen LogP contribution is 2.25. The molecular formula is C21H24N6O4. The van der Waals surface area contributed by atoms with Gasteiger partial charge in [-0.1, -0.05) is 6.07 Å². The zero-order chi connectivity index (χ0) is 22.4. The van der Waals surface area contributed by atoms with E-state index in [0.29, 0.717) is 42.1 Å². The molecule has 0 aliphatic rings. The summed E-state index contributed by atoms with van der Waals surface area (Å²) in [5.74, 6) is 0.564. The molecule has 5 N–H and O–H groups in total. The molecule has 10 nitrogen and oxygen atoms in total. The number of anilines is 1. The Labute approximate surface area is 178 Å². The smallest absolute Gasteiger partial charge is 0.405 e. The van der Waals surface area contributed by atoms with Crippen molar-refractivity contribution < 1.29 is 19.1 Å². The van der Waals surface area contributed by atoms with E-state index < -0.39 is 17.7 Å². The van der Waals surface area contributed by atoms with Gasteiger partial charge in [0.2, 0.25) is 12.4 Å². The minimum Gasteiger partial charge on any atom is -0.465 e. The van der Waals surface area contributed by atoms with Crippen molar-refractivity contribution in [3.8, 4) is 11.5 Å². The highest BCUT2D eigenvalue weighted by Gasteiger charge is 2.22. The second-order valence-corrected chi connectivity index (χ2v) is 7.60. The van der Waals surface area contributed by atoms with Crippen molar-refractivity contribution in [2.75, 3.05) is 5.73 Å². The Bertz CT molecular complexity index is 1050. The highest BCUT2D eigenvalue weighted by molar-refractivity contribution is 5.65. The third-order valence-electron chi connectivity index (χ3n) is 4.64. The molecule has 0 bridgehead atoms. The van der Waals surface area contributed by atoms with Crippen LogP contribution in [0.1, 0.15) is 43.4 Å². The van der Waals surface area contributed by atoms with Crippen LogP contribution in [-0.4, -0.2) is 38.1 Å². The van der Waals surface area contributed by atoms with Crippen LogP contribution < -0.4 is 16.4 Å². The van der Waals surface area contributed by atoms with Crippen molar-refractivity contribution in [2.45, 2.75) is 38.3 Å². The Balaban J connectivity index is 1.88. The Morgan fingerprint density at radius 1 is 1.23 bits per heavy atom. The quantitative estimate of drug-likeness (QED) is 0.382. The summed E-state index contributed by atoms with van der Waals surface area (Å²) < 4.78 is 5.39. The molecule has 0 saturated heterocycles. The van der Waals surface area contributed by atoms with Gasteiger partial charge in [0.15, 0.2) is 5.76 Å². The molecule has 1 unspecified atom stereocenters. The monoisotopic (exact) mass is 424 g/mol. The van der Waals surface area contributed by atoms with Gasteiger partial charge in [0, 0.05) is 11.2 Å². The molecular weight excluding hydrogens is 400 g/mol. The first-order chi connectivity index (χ1) is 14.8. The van der Waals surface area contributed by atoms with Gasteiger partial charge >= 0.3 is 6.09 Å². The van der Waals surface area contributed by atoms with E-state index >= 15 is 0 Å². The van der Waals surface area contributed by atoms with Crippen LogP contribution in [0.2, 0.25) is 0 Å². The molecule has 3 rings (SSSR count). The maximum absolute atomic E-state index is 11.3. The molecule has 162 valence electrons. The fourth-order valence-corrected chi connectivity index (χ4v) is 3.16. The molecule has 0 aliphatic heterocycles. The highest BCUT2D eigenvalue weighted by atomic mass is 16.4. The minimum atomic E-state index is -1.07. The topological polar surface area (TPSA) is 156 Å². The second-order valence-electron chi connectivity index (χ2n) is 7.60. The first-order valence-electron chi connectivity index (χ1n) is 9.62. The van der Waals surface area contributed by atoms with Crippen LogP contribution in [0.15, 0.2) is 47.1 Å². The van der Waals surface area contributed by atoms with Crippen LogP contribution in [0.3, 0.4) is 0 Å². The Morgan fingerprint density at radius 3 is 2.71 bits per heavy atom. The number of aromatic nitrogens is 3. The van der Waals surface area contributed by atoms with Gasteiger partial charge in [0.1, 0.15) is 11.7 Å². The predicted molar refractivity (Wildman–Crippen MR) is 113 cm³/mol. The average molecular weight is 424 g/mol. The first-order valence-corrected chi connectivity index (χ1v) is 9.62. The summed E-state index contributed by atoms with van der Waals surface area (Å²) in [6.07, 6.45) is 2.11. The van der Waals surface area contributed by atoms with Gasteiger partial charge in [0.25, 0.3) is 0 Å². The van der Waals surface area contributed by atoms with Gasteiger partial charge in [-0.05, 0) is 57.0 Å². The molecule has 0 fully saturated rings. The summed E-state index contributed by atoms with van der Waals surface area (Å²) in [6, 6.07) is 9.97. The van der Waals surface area contributed by atoms with Gasteiger partial charge < -0.3 is 25.9 Å². The number of nitrogens with one attached hydrogen (secondary N) is 2. The second kappa shape index (κ2) is 9.24. The average Bonchev–Trinajstić information content (AvgIpc) is 3.24. The lowest BCUT2D eigenvalue weighted by molar-refractivity contribution is -0.110. The molecule has 0 radical (unpaired) electrons. The molecule has 3 aromatic rings. The number of carbonyl (C=O) groups excluding carboxylic acids is 1. The number of nitrogen functional groups attached to an aromatic ring is 1. The number of rotatable bonds is 9. The molecule has 1 atom stereocenters. The molecule has 3 aromatic heterocycles. The molecule has 0 spiro atoms. The van der Waals surface area contributed by atoms with Crippen molar-refractivity contribution >= 4 is 18.5 Å². The molecule has 2 amide bonds. The Hall–Kier alpha value is -3.95. The molecule has 0 saturated carbocycles. The van der Waals surface area contributed by atoms with Crippen molar-refractivity contribution in [3.63, 3.8) is 0 Å². The van der Waals surface area contributed by atoms with E-state index in [2.05, 4.69) is 25.6 Å². The lowest BCUT2D eigenvalue weighted by Gasteiger charge is -2.24. The SMILES string of the molecule is CC(C)(CCc1cccc(C(NC=O)c2cc(-c3ccco3)nc(N)n2)n1)NC(=O)O. The largest absolute Gasteiger partial charge is 0.465 e. The van der Waals surface area contributed by atoms with Gasteiger partial charge in [-0.25, -0.2) is 14.8 Å². The number of nitrogens with two attached hydrogens (primary N) is 1. The number of hydrogen-bond donors (Lipinski definition) is 4. The molecule has 0 aliphatic carbocycles. The third kappa shape index (κ3) is 5.78. The summed E-state index contributed by atoms with van der Waals surface area (Å²) in [6.45, 7) is 3.61. The van der Waals surface area contributed by atoms with Gasteiger partial charge in [-0.3, -0.25) is 9.78 Å². The first kappa shape index (κ1) is 21.8. The summed E-state index contributed by atoms with van der Waals surface area (Å²) >= 11 is 0. The maximum atomic E-state index is 11.3. The molecule has 31 heavy (non-hydrogen) atoms. The maximum Gasteiger partial charge on any atom is 0.405 e. The van der Waals surface area contributed by atoms with Crippen LogP contribution in [0.4, 0.5) is 10.7 Å². The normalized spacial score (nSPS) is 12.2. The lowest BCUT2D eigenvalue weighted by atomic mass is 9.97. The van der Waals surface area contributed by atoms with E-state index in [1.807, 2.05) is 26.0 Å². The molecule has 0 aromatic carbocycles. The predicted octanol–water partition coefficient (Wildman–Crippen LogP) is 2.53. The number of nitrogens with zero attached hydrogens (tertiary/aromatic N) is 3. The van der Waals surface area contributed by atoms with Crippen LogP contribution in [0.25, 0.3) is 11.5 Å². The van der Waals surface area contributed by atoms with E-state index in [0.717, 1.165) is 5.69 Å². The van der Waals surface area contributed by atoms with E-state index in [-0.39, 0.29) is 5.95 Å². The van der Waals surface area contributed by atoms with Crippen LogP contribution in [-0.2, 0) is 11.2 Å². The zero-order valence-corrected chi connectivity index (χ0v) is 17.2. The summed E-state index contributed by atoms with van der Waals surface area (Å²) in [4.78, 5) is 35.4. The van der Waals surface area contributed by atoms with Crippen molar-refractivity contribution in [2.24, 2.45) is 0 Å². The summed E-state index contributed by atoms with van der Waals surface area (Å²) in [5, 5.41) is 14.2. The van der Waals surface area contributed by atoms with Gasteiger partial charge in [-0.15, -0.1) is 0 Å². The third-order valence-corrected chi connectivity index (χ3v) is 4.64. The van der Waals surface area contributed by atoms with Crippen molar-refractivity contribution in [1.82, 2.24) is 25.6 Å². The number of hydrogen-bond acceptors (Lipinski definition) is 7. The fraction of sp³-hybridized carbons (Fsp3) is 0.286. The number of amides is 2. The number of furan rings is 1. The number of carbonyl (C=O) groups is 2. The lowest BCUT2D eigenvalue weighted by Crippen LogP contribution is -2.42. The van der Waals surface area contributed by atoms with Crippen LogP contribution in [0, 0.1) is 0 Å². The zero-order valence-electron chi connectivity index (χ0n) is 17.2. The fourth-order valence-electron chi connectivity index (χ4n) is 3.16. The van der Waals surface area contributed by atoms with E-state index in [1.54, 1.807) is 24.3 Å². The minimum absolute atomic E-state index is 0.0410. The van der Waals surface area contributed by atoms with E-state index in [1.165, 1.54) is 6.26 Å². The number of pyridine rings is 1.